The van der Waals surface area contributed by atoms with Crippen LogP contribution in [0.25, 0.3) is 0 Å². The first kappa shape index (κ1) is 12.4. The molecule has 0 spiro atoms. The number of halogens is 1. The van der Waals surface area contributed by atoms with Crippen LogP contribution in [0.4, 0.5) is 5.69 Å². The summed E-state index contributed by atoms with van der Waals surface area (Å²) in [6.07, 6.45) is 3.87. The van der Waals surface area contributed by atoms with Gasteiger partial charge in [-0.3, -0.25) is 0 Å². The minimum atomic E-state index is 0.311. The lowest BCUT2D eigenvalue weighted by Gasteiger charge is -2.23. The van der Waals surface area contributed by atoms with Gasteiger partial charge in [0.1, 0.15) is 0 Å². The van der Waals surface area contributed by atoms with Crippen LogP contribution >= 0.6 is 15.9 Å². The number of hydrogen-bond acceptors (Lipinski definition) is 3. The highest BCUT2D eigenvalue weighted by Crippen LogP contribution is 2.24. The van der Waals surface area contributed by atoms with Gasteiger partial charge in [0.25, 0.3) is 0 Å². The van der Waals surface area contributed by atoms with Crippen molar-refractivity contribution in [3.05, 3.63) is 28.2 Å². The Morgan fingerprint density at radius 3 is 3.00 bits per heavy atom. The van der Waals surface area contributed by atoms with Crippen LogP contribution in [0.5, 0.6) is 0 Å². The van der Waals surface area contributed by atoms with E-state index in [1.54, 1.807) is 0 Å². The molecule has 1 aliphatic heterocycles. The quantitative estimate of drug-likeness (QED) is 0.930. The highest BCUT2D eigenvalue weighted by Gasteiger charge is 2.13. The van der Waals surface area contributed by atoms with Crippen molar-refractivity contribution in [3.8, 4) is 6.07 Å². The zero-order valence-corrected chi connectivity index (χ0v) is 11.2. The van der Waals surface area contributed by atoms with Crippen LogP contribution in [-0.2, 0) is 4.74 Å². The second kappa shape index (κ2) is 6.04. The molecular formula is C13H15BrN2O. The van der Waals surface area contributed by atoms with Crippen LogP contribution in [-0.4, -0.2) is 19.3 Å². The van der Waals surface area contributed by atoms with E-state index in [9.17, 15) is 0 Å². The van der Waals surface area contributed by atoms with Gasteiger partial charge in [0.2, 0.25) is 0 Å². The lowest BCUT2D eigenvalue weighted by Crippen LogP contribution is -2.27. The molecule has 0 saturated carbocycles. The van der Waals surface area contributed by atoms with Gasteiger partial charge in [-0.25, -0.2) is 0 Å². The van der Waals surface area contributed by atoms with Crippen LogP contribution in [0.3, 0.4) is 0 Å². The van der Waals surface area contributed by atoms with Gasteiger partial charge in [-0.1, -0.05) is 0 Å². The second-order valence-corrected chi connectivity index (χ2v) is 5.03. The summed E-state index contributed by atoms with van der Waals surface area (Å²) in [6, 6.07) is 7.68. The first-order valence-electron chi connectivity index (χ1n) is 5.85. The van der Waals surface area contributed by atoms with E-state index in [4.69, 9.17) is 10.00 Å². The molecule has 0 aliphatic carbocycles. The van der Waals surface area contributed by atoms with Gasteiger partial charge in [0.05, 0.1) is 17.7 Å². The van der Waals surface area contributed by atoms with Crippen molar-refractivity contribution in [3.63, 3.8) is 0 Å². The van der Waals surface area contributed by atoms with E-state index in [0.29, 0.717) is 11.7 Å². The van der Waals surface area contributed by atoms with Crippen LogP contribution in [0.2, 0.25) is 0 Å². The molecule has 0 bridgehead atoms. The third kappa shape index (κ3) is 3.45. The van der Waals surface area contributed by atoms with E-state index in [-0.39, 0.29) is 0 Å². The molecule has 1 saturated heterocycles. The van der Waals surface area contributed by atoms with Crippen molar-refractivity contribution in [1.82, 2.24) is 0 Å². The number of nitrogens with one attached hydrogen (secondary N) is 1. The molecule has 1 unspecified atom stereocenters. The third-order valence-corrected chi connectivity index (χ3v) is 3.55. The molecule has 1 fully saturated rings. The minimum Gasteiger partial charge on any atom is -0.382 e. The molecule has 0 amide bonds. The molecule has 0 aromatic heterocycles. The number of rotatable bonds is 3. The third-order valence-electron chi connectivity index (χ3n) is 2.89. The molecule has 1 aromatic carbocycles. The standard InChI is InChI=1S/C13H15BrN2O/c14-12-7-10(8-15)4-5-13(12)16-9-11-3-1-2-6-17-11/h4-5,7,11,16H,1-3,6,9H2. The smallest absolute Gasteiger partial charge is 0.0992 e. The Labute approximate surface area is 110 Å². The van der Waals surface area contributed by atoms with Crippen LogP contribution < -0.4 is 5.32 Å². The van der Waals surface area contributed by atoms with Crippen molar-refractivity contribution in [2.45, 2.75) is 25.4 Å². The Kier molecular flexibility index (Phi) is 4.41. The first-order valence-corrected chi connectivity index (χ1v) is 6.64. The summed E-state index contributed by atoms with van der Waals surface area (Å²) in [6.45, 7) is 1.70. The van der Waals surface area contributed by atoms with Gasteiger partial charge in [0.15, 0.2) is 0 Å². The number of nitriles is 1. The summed E-state index contributed by atoms with van der Waals surface area (Å²) in [7, 11) is 0. The van der Waals surface area contributed by atoms with Crippen LogP contribution in [0, 0.1) is 11.3 Å². The zero-order valence-electron chi connectivity index (χ0n) is 9.58. The fourth-order valence-corrected chi connectivity index (χ4v) is 2.44. The molecule has 4 heteroatoms. The highest BCUT2D eigenvalue weighted by atomic mass is 79.9. The monoisotopic (exact) mass is 294 g/mol. The van der Waals surface area contributed by atoms with Gasteiger partial charge in [0, 0.05) is 23.3 Å². The Hall–Kier alpha value is -1.05. The fraction of sp³-hybridized carbons (Fsp3) is 0.462. The summed E-state index contributed by atoms with van der Waals surface area (Å²) < 4.78 is 6.58. The second-order valence-electron chi connectivity index (χ2n) is 4.18. The SMILES string of the molecule is N#Cc1ccc(NCC2CCCCO2)c(Br)c1. The van der Waals surface area contributed by atoms with Gasteiger partial charge < -0.3 is 10.1 Å². The average molecular weight is 295 g/mol. The van der Waals surface area contributed by atoms with Crippen LogP contribution in [0.1, 0.15) is 24.8 Å². The summed E-state index contributed by atoms with van der Waals surface area (Å²) in [5.74, 6) is 0. The minimum absolute atomic E-state index is 0.311. The Bertz CT molecular complexity index is 422. The van der Waals surface area contributed by atoms with E-state index in [1.165, 1.54) is 12.8 Å². The predicted octanol–water partition coefficient (Wildman–Crippen LogP) is 3.30. The molecule has 17 heavy (non-hydrogen) atoms. The maximum atomic E-state index is 8.78. The van der Waals surface area contributed by atoms with E-state index < -0.39 is 0 Å². The predicted molar refractivity (Wildman–Crippen MR) is 70.9 cm³/mol. The lowest BCUT2D eigenvalue weighted by molar-refractivity contribution is 0.0247. The van der Waals surface area contributed by atoms with Gasteiger partial charge in [-0.05, 0) is 53.4 Å². The average Bonchev–Trinajstić information content (AvgIpc) is 2.38. The lowest BCUT2D eigenvalue weighted by atomic mass is 10.1. The summed E-state index contributed by atoms with van der Waals surface area (Å²) in [5, 5.41) is 12.1. The molecule has 0 radical (unpaired) electrons. The molecule has 1 heterocycles. The van der Waals surface area contributed by atoms with E-state index in [0.717, 1.165) is 29.7 Å². The molecule has 1 N–H and O–H groups in total. The molecule has 2 rings (SSSR count). The fourth-order valence-electron chi connectivity index (χ4n) is 1.92. The van der Waals surface area contributed by atoms with Gasteiger partial charge in [-0.2, -0.15) is 5.26 Å². The van der Waals surface area contributed by atoms with Crippen LogP contribution in [0.15, 0.2) is 22.7 Å². The van der Waals surface area contributed by atoms with Crippen molar-refractivity contribution in [1.29, 1.82) is 5.26 Å². The molecule has 1 aromatic rings. The Balaban J connectivity index is 1.92. The number of hydrogen-bond donors (Lipinski definition) is 1. The summed E-state index contributed by atoms with van der Waals surface area (Å²) >= 11 is 3.46. The van der Waals surface area contributed by atoms with Crippen molar-refractivity contribution >= 4 is 21.6 Å². The van der Waals surface area contributed by atoms with Gasteiger partial charge in [-0.15, -0.1) is 0 Å². The number of benzene rings is 1. The summed E-state index contributed by atoms with van der Waals surface area (Å²) in [4.78, 5) is 0. The largest absolute Gasteiger partial charge is 0.382 e. The Morgan fingerprint density at radius 1 is 1.47 bits per heavy atom. The number of anilines is 1. The first-order chi connectivity index (χ1) is 8.29. The van der Waals surface area contributed by atoms with E-state index in [2.05, 4.69) is 27.3 Å². The van der Waals surface area contributed by atoms with E-state index >= 15 is 0 Å². The molecule has 1 aliphatic rings. The molecule has 90 valence electrons. The molecular weight excluding hydrogens is 280 g/mol. The molecule has 1 atom stereocenters. The highest BCUT2D eigenvalue weighted by molar-refractivity contribution is 9.10. The Morgan fingerprint density at radius 2 is 2.35 bits per heavy atom. The van der Waals surface area contributed by atoms with Crippen molar-refractivity contribution in [2.24, 2.45) is 0 Å². The van der Waals surface area contributed by atoms with Gasteiger partial charge >= 0.3 is 0 Å². The number of nitrogens with zero attached hydrogens (tertiary/aromatic N) is 1. The summed E-state index contributed by atoms with van der Waals surface area (Å²) in [5.41, 5.74) is 1.68. The maximum Gasteiger partial charge on any atom is 0.0992 e. The molecule has 3 nitrogen and oxygen atoms in total. The van der Waals surface area contributed by atoms with Crippen molar-refractivity contribution < 1.29 is 4.74 Å². The normalized spacial score (nSPS) is 19.6. The van der Waals surface area contributed by atoms with E-state index in [1.807, 2.05) is 18.2 Å². The topological polar surface area (TPSA) is 45.0 Å². The van der Waals surface area contributed by atoms with Crippen molar-refractivity contribution in [2.75, 3.05) is 18.5 Å². The maximum absolute atomic E-state index is 8.78. The number of ether oxygens (including phenoxy) is 1. The zero-order chi connectivity index (χ0) is 12.1.